The van der Waals surface area contributed by atoms with E-state index >= 15 is 0 Å². The van der Waals surface area contributed by atoms with Crippen LogP contribution in [0.1, 0.15) is 32.5 Å². The third-order valence-electron chi connectivity index (χ3n) is 4.71. The van der Waals surface area contributed by atoms with Gasteiger partial charge in [-0.25, -0.2) is 0 Å². The quantitative estimate of drug-likeness (QED) is 0.898. The number of carbonyl (C=O) groups is 1. The molecule has 1 atom stereocenters. The highest BCUT2D eigenvalue weighted by Crippen LogP contribution is 2.29. The number of nitrogens with zero attached hydrogens (tertiary/aromatic N) is 5. The van der Waals surface area contributed by atoms with Crippen molar-refractivity contribution in [2.24, 2.45) is 5.41 Å². The van der Waals surface area contributed by atoms with Crippen LogP contribution in [-0.2, 0) is 11.3 Å². The molecule has 24 heavy (non-hydrogen) atoms. The van der Waals surface area contributed by atoms with Crippen LogP contribution in [0, 0.1) is 5.41 Å². The Morgan fingerprint density at radius 1 is 1.33 bits per heavy atom. The summed E-state index contributed by atoms with van der Waals surface area (Å²) in [7, 11) is 0. The molecular weight excluding hydrogens is 304 g/mol. The van der Waals surface area contributed by atoms with Gasteiger partial charge in [0.15, 0.2) is 5.82 Å². The Hall–Kier alpha value is -2.28. The smallest absolute Gasteiger partial charge is 0.227 e. The Morgan fingerprint density at radius 3 is 2.88 bits per heavy atom. The highest BCUT2D eigenvalue weighted by molar-refractivity contribution is 5.82. The average molecular weight is 328 g/mol. The van der Waals surface area contributed by atoms with E-state index in [9.17, 15) is 4.79 Å². The first-order valence-corrected chi connectivity index (χ1v) is 8.46. The fraction of sp³-hybridized carbons (Fsp3) is 0.529. The van der Waals surface area contributed by atoms with E-state index in [-0.39, 0.29) is 11.3 Å². The molecule has 1 fully saturated rings. The number of piperidine rings is 1. The van der Waals surface area contributed by atoms with Crippen molar-refractivity contribution in [3.63, 3.8) is 0 Å². The maximum Gasteiger partial charge on any atom is 0.227 e. The lowest BCUT2D eigenvalue weighted by atomic mass is 9.81. The molecule has 1 aromatic carbocycles. The second-order valence-electron chi connectivity index (χ2n) is 6.56. The van der Waals surface area contributed by atoms with Crippen molar-refractivity contribution in [1.82, 2.24) is 30.4 Å². The molecule has 7 heteroatoms. The van der Waals surface area contributed by atoms with Crippen molar-refractivity contribution in [1.29, 1.82) is 0 Å². The minimum atomic E-state index is -0.348. The monoisotopic (exact) mass is 328 g/mol. The van der Waals surface area contributed by atoms with Crippen LogP contribution >= 0.6 is 0 Å². The molecule has 2 heterocycles. The van der Waals surface area contributed by atoms with Gasteiger partial charge in [-0.05, 0) is 55.4 Å². The first-order valence-electron chi connectivity index (χ1n) is 8.46. The third kappa shape index (κ3) is 3.46. The van der Waals surface area contributed by atoms with Crippen LogP contribution in [-0.4, -0.2) is 50.6 Å². The number of benzene rings is 1. The number of amides is 1. The van der Waals surface area contributed by atoms with Gasteiger partial charge in [0.25, 0.3) is 0 Å². The number of rotatable bonds is 5. The molecule has 2 aromatic rings. The number of hydrogen-bond acceptors (Lipinski definition) is 5. The fourth-order valence-electron chi connectivity index (χ4n) is 3.26. The molecule has 1 amide bonds. The van der Waals surface area contributed by atoms with Gasteiger partial charge in [-0.3, -0.25) is 4.79 Å². The Bertz CT molecular complexity index is 685. The molecule has 7 nitrogen and oxygen atoms in total. The second kappa shape index (κ2) is 7.09. The molecule has 1 N–H and O–H groups in total. The molecular formula is C17H24N6O. The molecule has 0 aliphatic carbocycles. The number of para-hydroxylation sites is 1. The zero-order chi connectivity index (χ0) is 17.0. The molecule has 3 rings (SSSR count). The summed E-state index contributed by atoms with van der Waals surface area (Å²) in [5, 5.41) is 14.8. The number of aromatic nitrogens is 4. The number of nitrogens with one attached hydrogen (secondary N) is 1. The highest BCUT2D eigenvalue weighted by atomic mass is 16.2. The van der Waals surface area contributed by atoms with Crippen molar-refractivity contribution >= 4 is 5.91 Å². The molecule has 1 saturated heterocycles. The van der Waals surface area contributed by atoms with Crippen LogP contribution in [0.15, 0.2) is 30.3 Å². The van der Waals surface area contributed by atoms with Gasteiger partial charge in [-0.2, -0.15) is 4.68 Å². The minimum Gasteiger partial charge on any atom is -0.348 e. The Balaban J connectivity index is 1.66. The molecule has 128 valence electrons. The van der Waals surface area contributed by atoms with E-state index < -0.39 is 0 Å². The van der Waals surface area contributed by atoms with E-state index in [1.807, 2.05) is 37.3 Å². The largest absolute Gasteiger partial charge is 0.348 e. The van der Waals surface area contributed by atoms with E-state index in [2.05, 4.69) is 32.7 Å². The predicted octanol–water partition coefficient (Wildman–Crippen LogP) is 1.40. The molecule has 1 unspecified atom stereocenters. The van der Waals surface area contributed by atoms with E-state index in [0.717, 1.165) is 38.2 Å². The lowest BCUT2D eigenvalue weighted by molar-refractivity contribution is -0.133. The van der Waals surface area contributed by atoms with Gasteiger partial charge in [0.05, 0.1) is 17.6 Å². The number of carbonyl (C=O) groups excluding carboxylic acids is 1. The van der Waals surface area contributed by atoms with Crippen molar-refractivity contribution in [2.75, 3.05) is 19.6 Å². The topological polar surface area (TPSA) is 75.9 Å². The lowest BCUT2D eigenvalue weighted by Gasteiger charge is -2.38. The van der Waals surface area contributed by atoms with Crippen molar-refractivity contribution < 1.29 is 4.79 Å². The summed E-state index contributed by atoms with van der Waals surface area (Å²) in [5.74, 6) is 0.699. The summed E-state index contributed by atoms with van der Waals surface area (Å²) in [5.41, 5.74) is 0.534. The van der Waals surface area contributed by atoms with Crippen LogP contribution < -0.4 is 5.32 Å². The first kappa shape index (κ1) is 16.6. The average Bonchev–Trinajstić information content (AvgIpc) is 3.09. The summed E-state index contributed by atoms with van der Waals surface area (Å²) in [4.78, 5) is 15.0. The van der Waals surface area contributed by atoms with Crippen LogP contribution in [0.2, 0.25) is 0 Å². The SMILES string of the molecule is CCN1CCCC(C)(C(=O)NCc2nnnn2-c2ccccc2)C1. The second-order valence-corrected chi connectivity index (χ2v) is 6.56. The zero-order valence-corrected chi connectivity index (χ0v) is 14.3. The van der Waals surface area contributed by atoms with E-state index in [1.165, 1.54) is 0 Å². The standard InChI is InChI=1S/C17H24N6O/c1-3-22-11-7-10-17(2,13-22)16(24)18-12-15-19-20-21-23(15)14-8-5-4-6-9-14/h4-6,8-9H,3,7,10-13H2,1-2H3,(H,18,24). The molecule has 0 saturated carbocycles. The first-order chi connectivity index (χ1) is 11.6. The van der Waals surface area contributed by atoms with Gasteiger partial charge in [0, 0.05) is 6.54 Å². The Kier molecular flexibility index (Phi) is 4.89. The van der Waals surface area contributed by atoms with Crippen molar-refractivity contribution in [3.05, 3.63) is 36.2 Å². The fourth-order valence-corrected chi connectivity index (χ4v) is 3.26. The molecule has 0 spiro atoms. The summed E-state index contributed by atoms with van der Waals surface area (Å²) in [6, 6.07) is 9.68. The predicted molar refractivity (Wildman–Crippen MR) is 90.5 cm³/mol. The molecule has 1 aromatic heterocycles. The van der Waals surface area contributed by atoms with Gasteiger partial charge in [0.2, 0.25) is 5.91 Å². The maximum atomic E-state index is 12.7. The normalized spacial score (nSPS) is 21.6. The van der Waals surface area contributed by atoms with Gasteiger partial charge in [-0.1, -0.05) is 25.1 Å². The number of hydrogen-bond donors (Lipinski definition) is 1. The number of tetrazole rings is 1. The maximum absolute atomic E-state index is 12.7. The van der Waals surface area contributed by atoms with Crippen molar-refractivity contribution in [3.8, 4) is 5.69 Å². The summed E-state index contributed by atoms with van der Waals surface area (Å²) in [6.07, 6.45) is 1.97. The van der Waals surface area contributed by atoms with Gasteiger partial charge in [-0.15, -0.1) is 5.10 Å². The summed E-state index contributed by atoms with van der Waals surface area (Å²) < 4.78 is 1.65. The molecule has 0 radical (unpaired) electrons. The van der Waals surface area contributed by atoms with E-state index in [0.29, 0.717) is 12.4 Å². The van der Waals surface area contributed by atoms with E-state index in [1.54, 1.807) is 4.68 Å². The molecule has 1 aliphatic heterocycles. The third-order valence-corrected chi connectivity index (χ3v) is 4.71. The zero-order valence-electron chi connectivity index (χ0n) is 14.3. The van der Waals surface area contributed by atoms with Crippen molar-refractivity contribution in [2.45, 2.75) is 33.2 Å². The number of likely N-dealkylation sites (tertiary alicyclic amines) is 1. The summed E-state index contributed by atoms with van der Waals surface area (Å²) >= 11 is 0. The van der Waals surface area contributed by atoms with Gasteiger partial charge < -0.3 is 10.2 Å². The van der Waals surface area contributed by atoms with Crippen LogP contribution in [0.25, 0.3) is 5.69 Å². The van der Waals surface area contributed by atoms with Crippen LogP contribution in [0.5, 0.6) is 0 Å². The van der Waals surface area contributed by atoms with Crippen LogP contribution in [0.4, 0.5) is 0 Å². The van der Waals surface area contributed by atoms with Gasteiger partial charge >= 0.3 is 0 Å². The Labute approximate surface area is 142 Å². The molecule has 1 aliphatic rings. The molecule has 0 bridgehead atoms. The minimum absolute atomic E-state index is 0.0725. The highest BCUT2D eigenvalue weighted by Gasteiger charge is 2.37. The Morgan fingerprint density at radius 2 is 2.12 bits per heavy atom. The van der Waals surface area contributed by atoms with E-state index in [4.69, 9.17) is 0 Å². The lowest BCUT2D eigenvalue weighted by Crippen LogP contribution is -2.50. The van der Waals surface area contributed by atoms with Crippen LogP contribution in [0.3, 0.4) is 0 Å². The van der Waals surface area contributed by atoms with Gasteiger partial charge in [0.1, 0.15) is 0 Å². The summed E-state index contributed by atoms with van der Waals surface area (Å²) in [6.45, 7) is 7.37.